The summed E-state index contributed by atoms with van der Waals surface area (Å²) in [5.41, 5.74) is 5.77. The van der Waals surface area contributed by atoms with E-state index in [0.717, 1.165) is 19.5 Å². The Hall–Kier alpha value is -2.38. The predicted octanol–water partition coefficient (Wildman–Crippen LogP) is 6.39. The van der Waals surface area contributed by atoms with Crippen LogP contribution in [0.25, 0.3) is 0 Å². The van der Waals surface area contributed by atoms with Gasteiger partial charge in [-0.05, 0) is 41.5 Å². The SMILES string of the molecule is CC(C)c1ccc(CN2CC(c3ccccc3)(c3ccccc3)CC2C)cc1. The number of hydrogen-bond donors (Lipinski definition) is 0. The fourth-order valence-electron chi connectivity index (χ4n) is 4.75. The van der Waals surface area contributed by atoms with Gasteiger partial charge in [-0.2, -0.15) is 0 Å². The zero-order valence-electron chi connectivity index (χ0n) is 17.3. The smallest absolute Gasteiger partial charge is 0.0344 e. The van der Waals surface area contributed by atoms with Crippen LogP contribution >= 0.6 is 0 Å². The quantitative estimate of drug-likeness (QED) is 0.503. The summed E-state index contributed by atoms with van der Waals surface area (Å²) >= 11 is 0. The number of hydrogen-bond acceptors (Lipinski definition) is 1. The molecule has 0 bridgehead atoms. The first-order valence-electron chi connectivity index (χ1n) is 10.5. The number of nitrogens with zero attached hydrogens (tertiary/aromatic N) is 1. The van der Waals surface area contributed by atoms with Gasteiger partial charge in [0.2, 0.25) is 0 Å². The third-order valence-electron chi connectivity index (χ3n) is 6.43. The van der Waals surface area contributed by atoms with Gasteiger partial charge < -0.3 is 0 Å². The fraction of sp³-hybridized carbons (Fsp3) is 0.333. The molecule has 1 unspecified atom stereocenters. The summed E-state index contributed by atoms with van der Waals surface area (Å²) in [6.07, 6.45) is 1.16. The van der Waals surface area contributed by atoms with Crippen molar-refractivity contribution in [3.05, 3.63) is 107 Å². The van der Waals surface area contributed by atoms with Gasteiger partial charge >= 0.3 is 0 Å². The van der Waals surface area contributed by atoms with E-state index in [0.29, 0.717) is 12.0 Å². The number of rotatable bonds is 5. The topological polar surface area (TPSA) is 3.24 Å². The molecule has 0 spiro atoms. The number of likely N-dealkylation sites (tertiary alicyclic amines) is 1. The van der Waals surface area contributed by atoms with Crippen LogP contribution in [0.15, 0.2) is 84.9 Å². The molecule has 0 aromatic heterocycles. The van der Waals surface area contributed by atoms with Crippen LogP contribution in [-0.4, -0.2) is 17.5 Å². The summed E-state index contributed by atoms with van der Waals surface area (Å²) < 4.78 is 0. The molecule has 0 radical (unpaired) electrons. The monoisotopic (exact) mass is 369 g/mol. The van der Waals surface area contributed by atoms with E-state index < -0.39 is 0 Å². The maximum absolute atomic E-state index is 2.66. The lowest BCUT2D eigenvalue weighted by atomic mass is 9.73. The van der Waals surface area contributed by atoms with Crippen molar-refractivity contribution in [2.45, 2.75) is 51.1 Å². The van der Waals surface area contributed by atoms with Gasteiger partial charge in [-0.1, -0.05) is 98.8 Å². The number of benzene rings is 3. The standard InChI is InChI=1S/C27H31N/c1-21(2)24-16-14-23(15-17-24)19-28-20-27(18-22(28)3,25-10-6-4-7-11-25)26-12-8-5-9-13-26/h4-17,21-22H,18-20H2,1-3H3. The Morgan fingerprint density at radius 3 is 1.86 bits per heavy atom. The summed E-state index contributed by atoms with van der Waals surface area (Å²) in [5, 5.41) is 0. The minimum absolute atomic E-state index is 0.0693. The van der Waals surface area contributed by atoms with Gasteiger partial charge in [0.25, 0.3) is 0 Å². The van der Waals surface area contributed by atoms with E-state index in [2.05, 4.69) is 111 Å². The lowest BCUT2D eigenvalue weighted by Crippen LogP contribution is -2.32. The summed E-state index contributed by atoms with van der Waals surface area (Å²) in [4.78, 5) is 2.66. The first kappa shape index (κ1) is 19.0. The van der Waals surface area contributed by atoms with Gasteiger partial charge in [-0.25, -0.2) is 0 Å². The summed E-state index contributed by atoms with van der Waals surface area (Å²) in [6, 6.07) is 31.9. The van der Waals surface area contributed by atoms with Crippen molar-refractivity contribution in [3.63, 3.8) is 0 Å². The molecule has 0 saturated carbocycles. The molecule has 1 heterocycles. The average Bonchev–Trinajstić information content (AvgIpc) is 3.07. The highest BCUT2D eigenvalue weighted by Gasteiger charge is 2.44. The van der Waals surface area contributed by atoms with Crippen molar-refractivity contribution in [1.29, 1.82) is 0 Å². The molecule has 144 valence electrons. The van der Waals surface area contributed by atoms with Crippen molar-refractivity contribution in [1.82, 2.24) is 4.90 Å². The highest BCUT2D eigenvalue weighted by Crippen LogP contribution is 2.44. The highest BCUT2D eigenvalue weighted by atomic mass is 15.2. The van der Waals surface area contributed by atoms with E-state index in [9.17, 15) is 0 Å². The van der Waals surface area contributed by atoms with Gasteiger partial charge in [0, 0.05) is 24.5 Å². The van der Waals surface area contributed by atoms with Crippen molar-refractivity contribution in [2.75, 3.05) is 6.54 Å². The lowest BCUT2D eigenvalue weighted by Gasteiger charge is -2.31. The molecule has 3 aromatic carbocycles. The van der Waals surface area contributed by atoms with Crippen LogP contribution in [0.5, 0.6) is 0 Å². The second kappa shape index (κ2) is 7.93. The second-order valence-corrected chi connectivity index (χ2v) is 8.67. The van der Waals surface area contributed by atoms with Gasteiger partial charge in [0.1, 0.15) is 0 Å². The summed E-state index contributed by atoms with van der Waals surface area (Å²) in [6.45, 7) is 8.97. The largest absolute Gasteiger partial charge is 0.295 e. The molecule has 0 amide bonds. The van der Waals surface area contributed by atoms with E-state index in [1.807, 2.05) is 0 Å². The van der Waals surface area contributed by atoms with Crippen LogP contribution in [0, 0.1) is 0 Å². The van der Waals surface area contributed by atoms with Crippen LogP contribution in [0.1, 0.15) is 55.4 Å². The van der Waals surface area contributed by atoms with Crippen molar-refractivity contribution < 1.29 is 0 Å². The molecule has 3 aromatic rings. The van der Waals surface area contributed by atoms with Crippen LogP contribution in [0.2, 0.25) is 0 Å². The average molecular weight is 370 g/mol. The third-order valence-corrected chi connectivity index (χ3v) is 6.43. The molecule has 1 fully saturated rings. The molecular formula is C27H31N. The van der Waals surface area contributed by atoms with E-state index in [1.54, 1.807) is 0 Å². The first-order valence-corrected chi connectivity index (χ1v) is 10.5. The minimum atomic E-state index is 0.0693. The van der Waals surface area contributed by atoms with Crippen LogP contribution in [0.4, 0.5) is 0 Å². The molecular weight excluding hydrogens is 338 g/mol. The fourth-order valence-corrected chi connectivity index (χ4v) is 4.75. The van der Waals surface area contributed by atoms with Gasteiger partial charge in [-0.3, -0.25) is 4.90 Å². The molecule has 1 nitrogen and oxygen atoms in total. The molecule has 0 aliphatic carbocycles. The zero-order valence-corrected chi connectivity index (χ0v) is 17.3. The molecule has 1 aliphatic heterocycles. The molecule has 28 heavy (non-hydrogen) atoms. The lowest BCUT2D eigenvalue weighted by molar-refractivity contribution is 0.254. The van der Waals surface area contributed by atoms with Gasteiger partial charge in [-0.15, -0.1) is 0 Å². The maximum atomic E-state index is 2.66. The van der Waals surface area contributed by atoms with Gasteiger partial charge in [0.05, 0.1) is 0 Å². The Morgan fingerprint density at radius 1 is 0.821 bits per heavy atom. The van der Waals surface area contributed by atoms with E-state index in [-0.39, 0.29) is 5.41 Å². The third kappa shape index (κ3) is 3.64. The Kier molecular flexibility index (Phi) is 5.37. The van der Waals surface area contributed by atoms with Gasteiger partial charge in [0.15, 0.2) is 0 Å². The highest BCUT2D eigenvalue weighted by molar-refractivity contribution is 5.42. The van der Waals surface area contributed by atoms with E-state index >= 15 is 0 Å². The van der Waals surface area contributed by atoms with Crippen LogP contribution < -0.4 is 0 Å². The minimum Gasteiger partial charge on any atom is -0.295 e. The molecule has 1 saturated heterocycles. The Bertz CT molecular complexity index is 841. The zero-order chi connectivity index (χ0) is 19.6. The normalized spacial score (nSPS) is 19.2. The van der Waals surface area contributed by atoms with Crippen LogP contribution in [0.3, 0.4) is 0 Å². The van der Waals surface area contributed by atoms with E-state index in [1.165, 1.54) is 22.3 Å². The van der Waals surface area contributed by atoms with E-state index in [4.69, 9.17) is 0 Å². The summed E-state index contributed by atoms with van der Waals surface area (Å²) in [7, 11) is 0. The first-order chi connectivity index (χ1) is 13.6. The molecule has 1 atom stereocenters. The predicted molar refractivity (Wildman–Crippen MR) is 119 cm³/mol. The molecule has 4 rings (SSSR count). The van der Waals surface area contributed by atoms with Crippen molar-refractivity contribution in [2.24, 2.45) is 0 Å². The Labute approximate surface area is 170 Å². The second-order valence-electron chi connectivity index (χ2n) is 8.67. The van der Waals surface area contributed by atoms with Crippen molar-refractivity contribution in [3.8, 4) is 0 Å². The molecule has 0 N–H and O–H groups in total. The molecule has 1 aliphatic rings. The summed E-state index contributed by atoms with van der Waals surface area (Å²) in [5.74, 6) is 0.587. The van der Waals surface area contributed by atoms with Crippen LogP contribution in [-0.2, 0) is 12.0 Å². The Balaban J connectivity index is 1.64. The van der Waals surface area contributed by atoms with Crippen molar-refractivity contribution >= 4 is 0 Å². The maximum Gasteiger partial charge on any atom is 0.0344 e. The Morgan fingerprint density at radius 2 is 1.36 bits per heavy atom. The molecule has 1 heteroatoms.